The highest BCUT2D eigenvalue weighted by atomic mass is 16.6. The molecule has 9 heteroatoms. The number of nitro groups is 2. The van der Waals surface area contributed by atoms with E-state index in [2.05, 4.69) is 5.32 Å². The van der Waals surface area contributed by atoms with Crippen molar-refractivity contribution in [2.45, 2.75) is 46.0 Å². The van der Waals surface area contributed by atoms with E-state index in [4.69, 9.17) is 0 Å². The molecule has 0 saturated heterocycles. The largest absolute Gasteiger partial charge is 0.366 e. The molecule has 1 saturated carbocycles. The maximum absolute atomic E-state index is 12.5. The lowest BCUT2D eigenvalue weighted by atomic mass is 9.88. The first-order chi connectivity index (χ1) is 12.4. The molecule has 1 aromatic carbocycles. The van der Waals surface area contributed by atoms with Crippen LogP contribution < -0.4 is 10.2 Å². The van der Waals surface area contributed by atoms with Crippen LogP contribution in [0.1, 0.15) is 46.0 Å². The zero-order chi connectivity index (χ0) is 19.3. The summed E-state index contributed by atoms with van der Waals surface area (Å²) in [6.07, 6.45) is 4.54. The van der Waals surface area contributed by atoms with Gasteiger partial charge in [-0.25, -0.2) is 0 Å². The van der Waals surface area contributed by atoms with Gasteiger partial charge in [-0.2, -0.15) is 0 Å². The predicted octanol–water partition coefficient (Wildman–Crippen LogP) is 3.87. The van der Waals surface area contributed by atoms with Crippen molar-refractivity contribution in [2.24, 2.45) is 5.92 Å². The molecule has 0 unspecified atom stereocenters. The van der Waals surface area contributed by atoms with Crippen LogP contribution in [0.5, 0.6) is 0 Å². The molecule has 1 aromatic rings. The third kappa shape index (κ3) is 4.27. The summed E-state index contributed by atoms with van der Waals surface area (Å²) < 4.78 is 0. The van der Waals surface area contributed by atoms with Crippen LogP contribution in [0.25, 0.3) is 0 Å². The second-order valence-corrected chi connectivity index (χ2v) is 6.37. The summed E-state index contributed by atoms with van der Waals surface area (Å²) in [6, 6.07) is 2.29. The molecule has 1 aliphatic rings. The second-order valence-electron chi connectivity index (χ2n) is 6.37. The Bertz CT molecular complexity index is 697. The van der Waals surface area contributed by atoms with Crippen molar-refractivity contribution in [2.75, 3.05) is 23.3 Å². The van der Waals surface area contributed by atoms with E-state index >= 15 is 0 Å². The van der Waals surface area contributed by atoms with Crippen LogP contribution in [0.3, 0.4) is 0 Å². The van der Waals surface area contributed by atoms with Gasteiger partial charge in [0, 0.05) is 19.0 Å². The summed E-state index contributed by atoms with van der Waals surface area (Å²) in [5.41, 5.74) is -0.518. The minimum Gasteiger partial charge on any atom is -0.366 e. The topological polar surface area (TPSA) is 119 Å². The van der Waals surface area contributed by atoms with Gasteiger partial charge in [-0.1, -0.05) is 19.3 Å². The maximum Gasteiger partial charge on any atom is 0.299 e. The lowest BCUT2D eigenvalue weighted by Gasteiger charge is -2.23. The van der Waals surface area contributed by atoms with Gasteiger partial charge in [0.2, 0.25) is 5.91 Å². The molecule has 2 rings (SSSR count). The van der Waals surface area contributed by atoms with Crippen molar-refractivity contribution in [1.82, 2.24) is 0 Å². The number of benzene rings is 1. The summed E-state index contributed by atoms with van der Waals surface area (Å²) in [6.45, 7) is 4.69. The summed E-state index contributed by atoms with van der Waals surface area (Å²) in [7, 11) is 0. The number of carbonyl (C=O) groups excluding carboxylic acids is 1. The smallest absolute Gasteiger partial charge is 0.299 e. The van der Waals surface area contributed by atoms with Crippen LogP contribution in [0.4, 0.5) is 22.7 Å². The number of nitro benzene ring substituents is 2. The molecule has 0 heterocycles. The first-order valence-corrected chi connectivity index (χ1v) is 8.91. The van der Waals surface area contributed by atoms with Crippen molar-refractivity contribution >= 4 is 28.7 Å². The van der Waals surface area contributed by atoms with Crippen LogP contribution in [-0.4, -0.2) is 28.8 Å². The van der Waals surface area contributed by atoms with Gasteiger partial charge in [-0.3, -0.25) is 25.0 Å². The van der Waals surface area contributed by atoms with Gasteiger partial charge in [-0.15, -0.1) is 0 Å². The van der Waals surface area contributed by atoms with Gasteiger partial charge in [0.25, 0.3) is 11.4 Å². The highest BCUT2D eigenvalue weighted by Crippen LogP contribution is 2.38. The maximum atomic E-state index is 12.5. The van der Waals surface area contributed by atoms with E-state index in [1.807, 2.05) is 13.8 Å². The predicted molar refractivity (Wildman–Crippen MR) is 98.5 cm³/mol. The van der Waals surface area contributed by atoms with Gasteiger partial charge in [0.05, 0.1) is 15.9 Å². The molecule has 0 bridgehead atoms. The Kier molecular flexibility index (Phi) is 6.48. The van der Waals surface area contributed by atoms with E-state index in [1.165, 1.54) is 6.07 Å². The van der Waals surface area contributed by atoms with E-state index in [0.717, 1.165) is 38.2 Å². The van der Waals surface area contributed by atoms with E-state index < -0.39 is 15.5 Å². The Hall–Kier alpha value is -2.71. The highest BCUT2D eigenvalue weighted by Gasteiger charge is 2.29. The molecular weight excluding hydrogens is 340 g/mol. The molecule has 0 aliphatic heterocycles. The molecule has 26 heavy (non-hydrogen) atoms. The van der Waals surface area contributed by atoms with E-state index in [9.17, 15) is 25.0 Å². The van der Waals surface area contributed by atoms with Crippen molar-refractivity contribution in [3.05, 3.63) is 32.4 Å². The zero-order valence-electron chi connectivity index (χ0n) is 15.1. The summed E-state index contributed by atoms with van der Waals surface area (Å²) >= 11 is 0. The molecule has 1 amide bonds. The molecule has 0 radical (unpaired) electrons. The second kappa shape index (κ2) is 8.59. The lowest BCUT2D eigenvalue weighted by molar-refractivity contribution is -0.393. The Labute approximate surface area is 151 Å². The third-order valence-electron chi connectivity index (χ3n) is 4.82. The van der Waals surface area contributed by atoms with Gasteiger partial charge >= 0.3 is 0 Å². The van der Waals surface area contributed by atoms with E-state index in [-0.39, 0.29) is 28.9 Å². The van der Waals surface area contributed by atoms with E-state index in [0.29, 0.717) is 13.1 Å². The summed E-state index contributed by atoms with van der Waals surface area (Å²) in [5, 5.41) is 25.4. The highest BCUT2D eigenvalue weighted by molar-refractivity contribution is 5.96. The van der Waals surface area contributed by atoms with Gasteiger partial charge in [-0.05, 0) is 32.8 Å². The van der Waals surface area contributed by atoms with Crippen LogP contribution in [-0.2, 0) is 4.79 Å². The molecular formula is C17H24N4O5. The number of rotatable bonds is 7. The molecule has 1 aliphatic carbocycles. The molecule has 0 atom stereocenters. The average molecular weight is 364 g/mol. The Morgan fingerprint density at radius 1 is 1.08 bits per heavy atom. The monoisotopic (exact) mass is 364 g/mol. The minimum atomic E-state index is -0.699. The first kappa shape index (κ1) is 19.6. The summed E-state index contributed by atoms with van der Waals surface area (Å²) in [5.74, 6) is -0.428. The molecule has 1 fully saturated rings. The third-order valence-corrected chi connectivity index (χ3v) is 4.82. The van der Waals surface area contributed by atoms with Gasteiger partial charge in [0.15, 0.2) is 0 Å². The quantitative estimate of drug-likeness (QED) is 0.579. The standard InChI is InChI=1S/C17H24N4O5/c1-3-19(4-2)15-10-13(14(20(23)24)11-16(15)21(25)26)18-17(22)12-8-6-5-7-9-12/h10-12H,3-9H2,1-2H3,(H,18,22). The number of hydrogen-bond acceptors (Lipinski definition) is 6. The van der Waals surface area contributed by atoms with Crippen molar-refractivity contribution < 1.29 is 14.6 Å². The van der Waals surface area contributed by atoms with Crippen molar-refractivity contribution in [3.63, 3.8) is 0 Å². The number of hydrogen-bond donors (Lipinski definition) is 1. The number of amides is 1. The number of nitrogens with zero attached hydrogens (tertiary/aromatic N) is 3. The van der Waals surface area contributed by atoms with Gasteiger partial charge < -0.3 is 10.2 Å². The minimum absolute atomic E-state index is 0.0121. The molecule has 0 aromatic heterocycles. The van der Waals surface area contributed by atoms with Crippen LogP contribution in [0, 0.1) is 26.1 Å². The van der Waals surface area contributed by atoms with Crippen LogP contribution in [0.15, 0.2) is 12.1 Å². The van der Waals surface area contributed by atoms with Crippen molar-refractivity contribution in [3.8, 4) is 0 Å². The fourth-order valence-corrected chi connectivity index (χ4v) is 3.38. The van der Waals surface area contributed by atoms with Gasteiger partial charge in [0.1, 0.15) is 11.4 Å². The lowest BCUT2D eigenvalue weighted by Crippen LogP contribution is -2.26. The normalized spacial score (nSPS) is 14.7. The average Bonchev–Trinajstić information content (AvgIpc) is 2.63. The van der Waals surface area contributed by atoms with Crippen molar-refractivity contribution in [1.29, 1.82) is 0 Å². The first-order valence-electron chi connectivity index (χ1n) is 8.91. The molecule has 0 spiro atoms. The Morgan fingerprint density at radius 2 is 1.65 bits per heavy atom. The fourth-order valence-electron chi connectivity index (χ4n) is 3.38. The Morgan fingerprint density at radius 3 is 2.15 bits per heavy atom. The fraction of sp³-hybridized carbons (Fsp3) is 0.588. The van der Waals surface area contributed by atoms with E-state index in [1.54, 1.807) is 4.90 Å². The summed E-state index contributed by atoms with van der Waals surface area (Å²) in [4.78, 5) is 35.7. The molecule has 142 valence electrons. The van der Waals surface area contributed by atoms with Crippen LogP contribution >= 0.6 is 0 Å². The zero-order valence-corrected chi connectivity index (χ0v) is 15.1. The SMILES string of the molecule is CCN(CC)c1cc(NC(=O)C2CCCCC2)c([N+](=O)[O-])cc1[N+](=O)[O-]. The molecule has 1 N–H and O–H groups in total. The number of anilines is 2. The Balaban J connectivity index is 2.45. The number of carbonyl (C=O) groups is 1. The van der Waals surface area contributed by atoms with Crippen LogP contribution in [0.2, 0.25) is 0 Å². The molecule has 9 nitrogen and oxygen atoms in total. The number of nitrogens with one attached hydrogen (secondary N) is 1.